The molecule has 3 atom stereocenters. The van der Waals surface area contributed by atoms with E-state index < -0.39 is 17.2 Å². The number of Topliss-reactive ketones (excluding diaryl/α,β-unsaturated/α-hetero) is 2. The number of nitrogens with zero attached hydrogens (tertiary/aromatic N) is 3. The van der Waals surface area contributed by atoms with Gasteiger partial charge in [-0.3, -0.25) is 9.59 Å². The molecule has 0 amide bonds. The topological polar surface area (TPSA) is 172 Å². The SMILES string of the molecule is CC.CCOC(=O)/C(N)=C/C=N/c1cc(O[C@@H](C)C(C)CCCNC)nc(C(=O)C2=C(N)[C@]3(CCCCC3=O)CCC2)n1. The zero-order valence-electron chi connectivity index (χ0n) is 26.7. The number of allylic oxidation sites excluding steroid dienone is 3. The van der Waals surface area contributed by atoms with Gasteiger partial charge < -0.3 is 26.3 Å². The molecule has 0 radical (unpaired) electrons. The standard InChI is InChI=1S/C30H44N6O5.C2H6/c1-5-40-29(39)22(31)13-17-34-24-18-25(41-20(3)19(2)10-9-16-33-4)36-28(35-24)26(38)21-11-8-15-30(27(21)32)14-7-6-12-23(30)37;1-2/h13,17-20,33H,5-12,14-16,31-32H2,1-4H3;1-2H3/b22-13-,34-17+;/t19?,20-,30+;/m0./s1. The van der Waals surface area contributed by atoms with Gasteiger partial charge in [0.2, 0.25) is 17.5 Å². The van der Waals surface area contributed by atoms with Crippen LogP contribution in [0.2, 0.25) is 0 Å². The summed E-state index contributed by atoms with van der Waals surface area (Å²) >= 11 is 0. The van der Waals surface area contributed by atoms with Crippen LogP contribution in [-0.4, -0.2) is 60.0 Å². The Balaban J connectivity index is 0.00000316. The largest absolute Gasteiger partial charge is 0.474 e. The summed E-state index contributed by atoms with van der Waals surface area (Å²) in [6.45, 7) is 10.8. The summed E-state index contributed by atoms with van der Waals surface area (Å²) in [5.41, 5.74) is 12.2. The van der Waals surface area contributed by atoms with Gasteiger partial charge in [0.15, 0.2) is 5.82 Å². The summed E-state index contributed by atoms with van der Waals surface area (Å²) in [4.78, 5) is 51.7. The third kappa shape index (κ3) is 9.44. The van der Waals surface area contributed by atoms with E-state index in [1.807, 2.05) is 27.8 Å². The number of ketones is 2. The van der Waals surface area contributed by atoms with E-state index in [-0.39, 0.29) is 47.6 Å². The summed E-state index contributed by atoms with van der Waals surface area (Å²) < 4.78 is 11.0. The average Bonchev–Trinajstić information content (AvgIpc) is 3.00. The Bertz CT molecular complexity index is 1210. The van der Waals surface area contributed by atoms with Gasteiger partial charge in [0.05, 0.1) is 12.0 Å². The quantitative estimate of drug-likeness (QED) is 0.0948. The molecule has 11 heteroatoms. The molecule has 43 heavy (non-hydrogen) atoms. The molecule has 3 rings (SSSR count). The van der Waals surface area contributed by atoms with Crippen molar-refractivity contribution in [2.75, 3.05) is 20.2 Å². The predicted octanol–water partition coefficient (Wildman–Crippen LogP) is 4.72. The van der Waals surface area contributed by atoms with Gasteiger partial charge in [-0.2, -0.15) is 4.98 Å². The van der Waals surface area contributed by atoms with Gasteiger partial charge in [-0.15, -0.1) is 0 Å². The van der Waals surface area contributed by atoms with Crippen LogP contribution >= 0.6 is 0 Å². The van der Waals surface area contributed by atoms with Crippen LogP contribution < -0.4 is 21.5 Å². The number of ether oxygens (including phenoxy) is 2. The van der Waals surface area contributed by atoms with E-state index in [4.69, 9.17) is 20.9 Å². The van der Waals surface area contributed by atoms with Crippen LogP contribution in [0.5, 0.6) is 5.88 Å². The molecule has 0 aliphatic heterocycles. The molecule has 1 aromatic rings. The first-order chi connectivity index (χ1) is 20.6. The zero-order chi connectivity index (χ0) is 32.0. The number of carbonyl (C=O) groups excluding carboxylic acids is 3. The summed E-state index contributed by atoms with van der Waals surface area (Å²) in [7, 11) is 1.92. The van der Waals surface area contributed by atoms with Gasteiger partial charge in [0, 0.05) is 30.0 Å². The highest BCUT2D eigenvalue weighted by molar-refractivity contribution is 6.08. The first-order valence-electron chi connectivity index (χ1n) is 15.6. The number of nitrogens with two attached hydrogens (primary N) is 2. The Morgan fingerprint density at radius 1 is 1.16 bits per heavy atom. The normalized spacial score (nSPS) is 20.4. The smallest absolute Gasteiger partial charge is 0.354 e. The minimum Gasteiger partial charge on any atom is -0.474 e. The highest BCUT2D eigenvalue weighted by atomic mass is 16.5. The molecule has 2 aliphatic rings. The average molecular weight is 599 g/mol. The lowest BCUT2D eigenvalue weighted by atomic mass is 9.64. The van der Waals surface area contributed by atoms with E-state index >= 15 is 0 Å². The molecule has 0 saturated heterocycles. The highest BCUT2D eigenvalue weighted by Gasteiger charge is 2.46. The Labute approximate surface area is 256 Å². The van der Waals surface area contributed by atoms with E-state index in [0.29, 0.717) is 43.4 Å². The third-order valence-corrected chi connectivity index (χ3v) is 7.99. The van der Waals surface area contributed by atoms with Gasteiger partial charge in [0.1, 0.15) is 17.6 Å². The van der Waals surface area contributed by atoms with E-state index in [0.717, 1.165) is 32.2 Å². The van der Waals surface area contributed by atoms with Gasteiger partial charge in [-0.25, -0.2) is 14.8 Å². The second-order valence-electron chi connectivity index (χ2n) is 10.8. The summed E-state index contributed by atoms with van der Waals surface area (Å²) in [5.74, 6) is -0.506. The number of aromatic nitrogens is 2. The molecule has 0 aromatic carbocycles. The number of hydrogen-bond acceptors (Lipinski definition) is 11. The molecule has 5 N–H and O–H groups in total. The fourth-order valence-corrected chi connectivity index (χ4v) is 5.40. The maximum absolute atomic E-state index is 13.8. The molecule has 1 spiro atoms. The Morgan fingerprint density at radius 3 is 2.56 bits per heavy atom. The van der Waals surface area contributed by atoms with Crippen molar-refractivity contribution in [2.45, 2.75) is 98.5 Å². The van der Waals surface area contributed by atoms with Gasteiger partial charge >= 0.3 is 5.97 Å². The van der Waals surface area contributed by atoms with E-state index in [1.165, 1.54) is 18.4 Å². The number of hydrogen-bond donors (Lipinski definition) is 3. The lowest BCUT2D eigenvalue weighted by molar-refractivity contribution is -0.138. The monoisotopic (exact) mass is 598 g/mol. The van der Waals surface area contributed by atoms with Crippen LogP contribution in [-0.2, 0) is 14.3 Å². The molecule has 1 unspecified atom stereocenters. The molecular weight excluding hydrogens is 548 g/mol. The van der Waals surface area contributed by atoms with Crippen molar-refractivity contribution in [1.29, 1.82) is 0 Å². The van der Waals surface area contributed by atoms with E-state index in [9.17, 15) is 14.4 Å². The predicted molar refractivity (Wildman–Crippen MR) is 168 cm³/mol. The first-order valence-corrected chi connectivity index (χ1v) is 15.6. The summed E-state index contributed by atoms with van der Waals surface area (Å²) in [5, 5.41) is 3.15. The van der Waals surface area contributed by atoms with Crippen LogP contribution in [0.15, 0.2) is 34.1 Å². The fourth-order valence-electron chi connectivity index (χ4n) is 5.40. The Kier molecular flexibility index (Phi) is 14.5. The van der Waals surface area contributed by atoms with Crippen molar-refractivity contribution in [1.82, 2.24) is 15.3 Å². The molecule has 1 saturated carbocycles. The number of carbonyl (C=O) groups is 3. The number of rotatable bonds is 13. The van der Waals surface area contributed by atoms with E-state index in [2.05, 4.69) is 27.2 Å². The van der Waals surface area contributed by atoms with Crippen molar-refractivity contribution in [3.8, 4) is 5.88 Å². The van der Waals surface area contributed by atoms with Gasteiger partial charge in [-0.05, 0) is 84.4 Å². The third-order valence-electron chi connectivity index (χ3n) is 7.99. The molecule has 1 aromatic heterocycles. The van der Waals surface area contributed by atoms with Crippen LogP contribution in [0.25, 0.3) is 0 Å². The van der Waals surface area contributed by atoms with Crippen LogP contribution in [0.4, 0.5) is 5.82 Å². The molecule has 2 aliphatic carbocycles. The second kappa shape index (κ2) is 17.5. The summed E-state index contributed by atoms with van der Waals surface area (Å²) in [6, 6.07) is 1.53. The number of aliphatic imine (C=N–C) groups is 1. The minimum atomic E-state index is -0.775. The highest BCUT2D eigenvalue weighted by Crippen LogP contribution is 2.47. The summed E-state index contributed by atoms with van der Waals surface area (Å²) in [6.07, 6.45) is 9.04. The Morgan fingerprint density at radius 2 is 1.88 bits per heavy atom. The molecule has 238 valence electrons. The Hall–Kier alpha value is -3.60. The lowest BCUT2D eigenvalue weighted by Gasteiger charge is -2.40. The van der Waals surface area contributed by atoms with Crippen molar-refractivity contribution < 1.29 is 23.9 Å². The second-order valence-corrected chi connectivity index (χ2v) is 10.8. The van der Waals surface area contributed by atoms with Crippen LogP contribution in [0, 0.1) is 11.3 Å². The maximum atomic E-state index is 13.8. The van der Waals surface area contributed by atoms with Crippen molar-refractivity contribution in [3.63, 3.8) is 0 Å². The zero-order valence-corrected chi connectivity index (χ0v) is 26.7. The fraction of sp³-hybridized carbons (Fsp3) is 0.625. The van der Waals surface area contributed by atoms with Crippen LogP contribution in [0.1, 0.15) is 103 Å². The molecule has 0 bridgehead atoms. The number of esters is 1. The van der Waals surface area contributed by atoms with Crippen molar-refractivity contribution >= 4 is 29.6 Å². The van der Waals surface area contributed by atoms with E-state index in [1.54, 1.807) is 6.92 Å². The number of nitrogens with one attached hydrogen (secondary N) is 1. The molecular formula is C32H50N6O5. The maximum Gasteiger partial charge on any atom is 0.354 e. The molecule has 11 nitrogen and oxygen atoms in total. The minimum absolute atomic E-state index is 0.106. The molecule has 1 heterocycles. The first kappa shape index (κ1) is 35.6. The molecule has 1 fully saturated rings. The van der Waals surface area contributed by atoms with Gasteiger partial charge in [0.25, 0.3) is 0 Å². The lowest BCUT2D eigenvalue weighted by Crippen LogP contribution is -2.42. The van der Waals surface area contributed by atoms with Crippen molar-refractivity contribution in [3.05, 3.63) is 34.9 Å². The van der Waals surface area contributed by atoms with Crippen LogP contribution in [0.3, 0.4) is 0 Å². The van der Waals surface area contributed by atoms with Crippen molar-refractivity contribution in [2.24, 2.45) is 27.8 Å². The van der Waals surface area contributed by atoms with Gasteiger partial charge in [-0.1, -0.05) is 27.2 Å².